The molecular weight excluding hydrogens is 248 g/mol. The fourth-order valence-electron chi connectivity index (χ4n) is 1.85. The molecule has 0 aliphatic carbocycles. The molecule has 1 rings (SSSR count). The van der Waals surface area contributed by atoms with Gasteiger partial charge in [-0.15, -0.1) is 0 Å². The number of carbonyl (C=O) groups is 1. The normalized spacial score (nSPS) is 10.3. The van der Waals surface area contributed by atoms with Crippen LogP contribution in [0, 0.1) is 6.92 Å². The van der Waals surface area contributed by atoms with Crippen LogP contribution in [0.2, 0.25) is 0 Å². The van der Waals surface area contributed by atoms with Gasteiger partial charge in [0.1, 0.15) is 5.76 Å². The smallest absolute Gasteiger partial charge is 0.308 e. The molecule has 0 aliphatic heterocycles. The molecule has 0 atom stereocenters. The summed E-state index contributed by atoms with van der Waals surface area (Å²) in [6.45, 7) is 4.99. The number of carbonyl (C=O) groups excluding carboxylic acids is 1. The standard InChI is InChI=1S/C14H20O5/c1-5-6-7-8-11-14(19-10(3)15)12(16)13(17-4)9(2)18-11/h5-8H2,1-4H3. The maximum atomic E-state index is 12.1. The van der Waals surface area contributed by atoms with Crippen LogP contribution in [-0.2, 0) is 11.2 Å². The zero-order valence-corrected chi connectivity index (χ0v) is 11.9. The van der Waals surface area contributed by atoms with Gasteiger partial charge < -0.3 is 13.9 Å². The van der Waals surface area contributed by atoms with Crippen molar-refractivity contribution in [2.24, 2.45) is 0 Å². The SMILES string of the molecule is CCCCCc1oc(C)c(OC)c(=O)c1OC(C)=O. The number of rotatable bonds is 6. The highest BCUT2D eigenvalue weighted by Crippen LogP contribution is 2.24. The molecule has 1 aromatic rings. The second kappa shape index (κ2) is 6.97. The van der Waals surface area contributed by atoms with Crippen LogP contribution >= 0.6 is 0 Å². The van der Waals surface area contributed by atoms with Gasteiger partial charge in [0.05, 0.1) is 7.11 Å². The van der Waals surface area contributed by atoms with Crippen LogP contribution < -0.4 is 14.9 Å². The van der Waals surface area contributed by atoms with Crippen LogP contribution in [0.3, 0.4) is 0 Å². The third kappa shape index (κ3) is 3.84. The van der Waals surface area contributed by atoms with Crippen LogP contribution in [0.1, 0.15) is 44.6 Å². The molecule has 0 bridgehead atoms. The molecule has 0 N–H and O–H groups in total. The fraction of sp³-hybridized carbons (Fsp3) is 0.571. The van der Waals surface area contributed by atoms with E-state index in [0.29, 0.717) is 17.9 Å². The average Bonchev–Trinajstić information content (AvgIpc) is 2.34. The number of esters is 1. The van der Waals surface area contributed by atoms with E-state index in [2.05, 4.69) is 6.92 Å². The first kappa shape index (κ1) is 15.3. The van der Waals surface area contributed by atoms with E-state index in [9.17, 15) is 9.59 Å². The summed E-state index contributed by atoms with van der Waals surface area (Å²) >= 11 is 0. The molecule has 106 valence electrons. The molecule has 5 heteroatoms. The lowest BCUT2D eigenvalue weighted by Gasteiger charge is -2.11. The van der Waals surface area contributed by atoms with Crippen LogP contribution in [0.4, 0.5) is 0 Å². The molecule has 0 saturated carbocycles. The van der Waals surface area contributed by atoms with E-state index in [4.69, 9.17) is 13.9 Å². The minimum absolute atomic E-state index is 0.0500. The number of methoxy groups -OCH3 is 1. The van der Waals surface area contributed by atoms with Gasteiger partial charge in [0, 0.05) is 13.3 Å². The molecule has 0 unspecified atom stereocenters. The molecule has 0 radical (unpaired) electrons. The first-order valence-electron chi connectivity index (χ1n) is 6.40. The first-order valence-corrected chi connectivity index (χ1v) is 6.40. The minimum Gasteiger partial charge on any atom is -0.490 e. The average molecular weight is 268 g/mol. The summed E-state index contributed by atoms with van der Waals surface area (Å²) in [6, 6.07) is 0. The van der Waals surface area contributed by atoms with Gasteiger partial charge in [-0.05, 0) is 13.3 Å². The molecular formula is C14H20O5. The highest BCUT2D eigenvalue weighted by atomic mass is 16.5. The van der Waals surface area contributed by atoms with Crippen molar-refractivity contribution in [1.29, 1.82) is 0 Å². The van der Waals surface area contributed by atoms with E-state index < -0.39 is 11.4 Å². The summed E-state index contributed by atoms with van der Waals surface area (Å²) in [7, 11) is 1.38. The Morgan fingerprint density at radius 3 is 2.47 bits per heavy atom. The van der Waals surface area contributed by atoms with Gasteiger partial charge in [-0.3, -0.25) is 9.59 Å². The third-order valence-electron chi connectivity index (χ3n) is 2.72. The molecule has 1 heterocycles. The van der Waals surface area contributed by atoms with Crippen molar-refractivity contribution in [2.75, 3.05) is 7.11 Å². The zero-order chi connectivity index (χ0) is 14.4. The third-order valence-corrected chi connectivity index (χ3v) is 2.72. The van der Waals surface area contributed by atoms with E-state index in [-0.39, 0.29) is 11.5 Å². The molecule has 0 spiro atoms. The van der Waals surface area contributed by atoms with Crippen molar-refractivity contribution in [1.82, 2.24) is 0 Å². The molecule has 0 fully saturated rings. The Kier molecular flexibility index (Phi) is 5.60. The minimum atomic E-state index is -0.546. The second-order valence-corrected chi connectivity index (χ2v) is 4.32. The van der Waals surface area contributed by atoms with Crippen molar-refractivity contribution in [2.45, 2.75) is 46.5 Å². The van der Waals surface area contributed by atoms with Gasteiger partial charge in [-0.1, -0.05) is 19.8 Å². The van der Waals surface area contributed by atoms with Gasteiger partial charge in [0.2, 0.25) is 11.5 Å². The Bertz CT molecular complexity index is 501. The number of hydrogen-bond acceptors (Lipinski definition) is 5. The Morgan fingerprint density at radius 2 is 1.95 bits per heavy atom. The van der Waals surface area contributed by atoms with Crippen LogP contribution in [0.25, 0.3) is 0 Å². The zero-order valence-electron chi connectivity index (χ0n) is 11.9. The van der Waals surface area contributed by atoms with E-state index in [0.717, 1.165) is 19.3 Å². The van der Waals surface area contributed by atoms with Gasteiger partial charge in [-0.25, -0.2) is 0 Å². The quantitative estimate of drug-likeness (QED) is 0.586. The maximum absolute atomic E-state index is 12.1. The van der Waals surface area contributed by atoms with Gasteiger partial charge in [0.25, 0.3) is 5.43 Å². The van der Waals surface area contributed by atoms with Crippen molar-refractivity contribution in [3.63, 3.8) is 0 Å². The van der Waals surface area contributed by atoms with Crippen LogP contribution in [0.5, 0.6) is 11.5 Å². The monoisotopic (exact) mass is 268 g/mol. The summed E-state index contributed by atoms with van der Waals surface area (Å²) in [5.41, 5.74) is -0.437. The van der Waals surface area contributed by atoms with Crippen molar-refractivity contribution >= 4 is 5.97 Å². The predicted molar refractivity (Wildman–Crippen MR) is 70.8 cm³/mol. The van der Waals surface area contributed by atoms with E-state index >= 15 is 0 Å². The molecule has 0 saturated heterocycles. The Balaban J connectivity index is 3.19. The molecule has 1 aromatic heterocycles. The molecule has 0 aromatic carbocycles. The van der Waals surface area contributed by atoms with Gasteiger partial charge >= 0.3 is 5.97 Å². The largest absolute Gasteiger partial charge is 0.490 e. The number of unbranched alkanes of at least 4 members (excludes halogenated alkanes) is 2. The van der Waals surface area contributed by atoms with Crippen LogP contribution in [-0.4, -0.2) is 13.1 Å². The summed E-state index contributed by atoms with van der Waals surface area (Å²) in [6.07, 6.45) is 3.52. The second-order valence-electron chi connectivity index (χ2n) is 4.32. The van der Waals surface area contributed by atoms with Crippen molar-refractivity contribution in [3.05, 3.63) is 21.7 Å². The summed E-state index contributed by atoms with van der Waals surface area (Å²) < 4.78 is 15.5. The molecule has 5 nitrogen and oxygen atoms in total. The van der Waals surface area contributed by atoms with Gasteiger partial charge in [0.15, 0.2) is 5.76 Å². The van der Waals surface area contributed by atoms with E-state index in [1.807, 2.05) is 0 Å². The maximum Gasteiger partial charge on any atom is 0.308 e. The first-order chi connectivity index (χ1) is 9.01. The predicted octanol–water partition coefficient (Wildman–Crippen LogP) is 2.61. The summed E-state index contributed by atoms with van der Waals surface area (Å²) in [5, 5.41) is 0. The molecule has 0 aliphatic rings. The number of hydrogen-bond donors (Lipinski definition) is 0. The number of aryl methyl sites for hydroxylation is 2. The Labute approximate surface area is 112 Å². The Morgan fingerprint density at radius 1 is 1.26 bits per heavy atom. The Hall–Kier alpha value is -1.78. The highest BCUT2D eigenvalue weighted by molar-refractivity contribution is 5.69. The fourth-order valence-corrected chi connectivity index (χ4v) is 1.85. The lowest BCUT2D eigenvalue weighted by molar-refractivity contribution is -0.132. The lowest BCUT2D eigenvalue weighted by atomic mass is 10.1. The number of ether oxygens (including phenoxy) is 2. The highest BCUT2D eigenvalue weighted by Gasteiger charge is 2.20. The van der Waals surface area contributed by atoms with Crippen molar-refractivity contribution < 1.29 is 18.7 Å². The summed E-state index contributed by atoms with van der Waals surface area (Å²) in [4.78, 5) is 23.2. The van der Waals surface area contributed by atoms with Crippen molar-refractivity contribution in [3.8, 4) is 11.5 Å². The molecule has 19 heavy (non-hydrogen) atoms. The lowest BCUT2D eigenvalue weighted by Crippen LogP contribution is -2.17. The topological polar surface area (TPSA) is 65.7 Å². The molecule has 0 amide bonds. The summed E-state index contributed by atoms with van der Waals surface area (Å²) in [5.74, 6) is 0.290. The van der Waals surface area contributed by atoms with E-state index in [1.165, 1.54) is 14.0 Å². The van der Waals surface area contributed by atoms with E-state index in [1.54, 1.807) is 6.92 Å². The van der Waals surface area contributed by atoms with Gasteiger partial charge in [-0.2, -0.15) is 0 Å². The van der Waals surface area contributed by atoms with Crippen LogP contribution in [0.15, 0.2) is 9.21 Å².